The number of nitrogens with one attached hydrogen (secondary N) is 2. The van der Waals surface area contributed by atoms with E-state index in [4.69, 9.17) is 0 Å². The average Bonchev–Trinajstić information content (AvgIpc) is 3.38. The molecular weight excluding hydrogens is 573 g/mol. The maximum Gasteiger partial charge on any atom is 0.308 e. The van der Waals surface area contributed by atoms with Crippen LogP contribution in [0.15, 0.2) is 72.8 Å². The second kappa shape index (κ2) is 13.9. The van der Waals surface area contributed by atoms with Crippen LogP contribution in [0.1, 0.15) is 44.5 Å². The molecule has 44 heavy (non-hydrogen) atoms. The van der Waals surface area contributed by atoms with Crippen LogP contribution in [0, 0.1) is 17.5 Å². The van der Waals surface area contributed by atoms with Crippen molar-refractivity contribution in [3.05, 3.63) is 102 Å². The molecule has 3 aromatic carbocycles. The average molecular weight is 609 g/mol. The first-order valence-corrected chi connectivity index (χ1v) is 14.2. The number of benzene rings is 3. The number of carbonyl (C=O) groups is 2. The van der Waals surface area contributed by atoms with Gasteiger partial charge in [-0.25, -0.2) is 13.2 Å². The number of carbonyl (C=O) groups excluding carboxylic acids is 2. The smallest absolute Gasteiger partial charge is 0.308 e. The summed E-state index contributed by atoms with van der Waals surface area (Å²) in [5.41, 5.74) is 2.72. The first-order valence-electron chi connectivity index (χ1n) is 14.2. The maximum absolute atomic E-state index is 14.0. The van der Waals surface area contributed by atoms with Crippen LogP contribution < -0.4 is 5.32 Å². The summed E-state index contributed by atoms with van der Waals surface area (Å²) in [7, 11) is 1.21. The summed E-state index contributed by atoms with van der Waals surface area (Å²) in [5.74, 6) is -2.34. The number of aliphatic hydroxyl groups excluding tert-OH is 2. The molecule has 2 atom stereocenters. The molecule has 1 heterocycles. The number of H-pyrrole nitrogens is 1. The number of amides is 1. The molecule has 232 valence electrons. The number of rotatable bonds is 12. The number of hydrogen-bond donors (Lipinski definition) is 4. The van der Waals surface area contributed by atoms with Gasteiger partial charge in [0.15, 0.2) is 0 Å². The van der Waals surface area contributed by atoms with Crippen molar-refractivity contribution in [2.45, 2.75) is 57.2 Å². The van der Waals surface area contributed by atoms with Gasteiger partial charge >= 0.3 is 5.97 Å². The molecule has 0 unspecified atom stereocenters. The lowest BCUT2D eigenvalue weighted by atomic mass is 9.82. The number of halogens is 3. The summed E-state index contributed by atoms with van der Waals surface area (Å²) in [4.78, 5) is 28.6. The fraction of sp³-hybridized carbons (Fsp3) is 0.294. The Morgan fingerprint density at radius 1 is 0.818 bits per heavy atom. The Hall–Kier alpha value is -4.41. The first-order chi connectivity index (χ1) is 20.9. The quantitative estimate of drug-likeness (QED) is 0.141. The van der Waals surface area contributed by atoms with E-state index in [1.54, 1.807) is 38.1 Å². The molecule has 10 heteroatoms. The third-order valence-electron chi connectivity index (χ3n) is 7.54. The van der Waals surface area contributed by atoms with Gasteiger partial charge in [0.25, 0.3) is 0 Å². The van der Waals surface area contributed by atoms with Gasteiger partial charge in [-0.05, 0) is 92.8 Å². The van der Waals surface area contributed by atoms with E-state index >= 15 is 0 Å². The number of esters is 1. The maximum atomic E-state index is 14.0. The summed E-state index contributed by atoms with van der Waals surface area (Å²) < 4.78 is 46.0. The lowest BCUT2D eigenvalue weighted by Gasteiger charge is -2.25. The third-order valence-corrected chi connectivity index (χ3v) is 7.54. The largest absolute Gasteiger partial charge is 0.469 e. The van der Waals surface area contributed by atoms with Crippen LogP contribution >= 0.6 is 0 Å². The topological polar surface area (TPSA) is 112 Å². The normalized spacial score (nSPS) is 12.9. The van der Waals surface area contributed by atoms with Crippen molar-refractivity contribution in [3.8, 4) is 22.3 Å². The number of aromatic nitrogens is 1. The number of anilines is 1. The van der Waals surface area contributed by atoms with E-state index in [0.717, 1.165) is 0 Å². The Morgan fingerprint density at radius 2 is 1.32 bits per heavy atom. The van der Waals surface area contributed by atoms with Crippen molar-refractivity contribution in [1.82, 2.24) is 4.98 Å². The van der Waals surface area contributed by atoms with Gasteiger partial charge in [-0.15, -0.1) is 0 Å². The highest BCUT2D eigenvalue weighted by molar-refractivity contribution is 6.01. The van der Waals surface area contributed by atoms with E-state index in [9.17, 15) is 33.0 Å². The Morgan fingerprint density at radius 3 is 1.84 bits per heavy atom. The minimum atomic E-state index is -1.22. The van der Waals surface area contributed by atoms with Crippen molar-refractivity contribution in [3.63, 3.8) is 0 Å². The molecular formula is C34H35F3N2O5. The van der Waals surface area contributed by atoms with E-state index in [1.165, 1.54) is 55.6 Å². The molecule has 7 nitrogen and oxygen atoms in total. The van der Waals surface area contributed by atoms with Gasteiger partial charge in [-0.3, -0.25) is 9.59 Å². The van der Waals surface area contributed by atoms with Crippen LogP contribution in [0.4, 0.5) is 18.9 Å². The number of hydrogen-bond acceptors (Lipinski definition) is 5. The van der Waals surface area contributed by atoms with Crippen molar-refractivity contribution >= 4 is 17.6 Å². The fourth-order valence-corrected chi connectivity index (χ4v) is 5.08. The Bertz CT molecular complexity index is 1580. The van der Waals surface area contributed by atoms with Gasteiger partial charge in [-0.2, -0.15) is 0 Å². The molecule has 0 fully saturated rings. The Balaban J connectivity index is 1.79. The first kappa shape index (κ1) is 32.5. The SMILES string of the molecule is COC(=O)C[C@H](O)C[C@H](O)CCc1[nH]c(C(C)(C)C(=O)Nc2ccc(F)cc2)c(-c2ccc(F)cc2)c1-c1ccc(F)cc1. The summed E-state index contributed by atoms with van der Waals surface area (Å²) in [6.07, 6.45) is -1.97. The van der Waals surface area contributed by atoms with E-state index in [2.05, 4.69) is 15.0 Å². The number of aliphatic hydroxyl groups is 2. The molecule has 1 amide bonds. The molecule has 0 saturated heterocycles. The highest BCUT2D eigenvalue weighted by Gasteiger charge is 2.37. The Labute approximate surface area is 253 Å². The van der Waals surface area contributed by atoms with E-state index in [1.807, 2.05) is 0 Å². The zero-order chi connectivity index (χ0) is 32.0. The number of aromatic amines is 1. The van der Waals surface area contributed by atoms with Crippen LogP contribution in [0.3, 0.4) is 0 Å². The zero-order valence-corrected chi connectivity index (χ0v) is 24.7. The van der Waals surface area contributed by atoms with Gasteiger partial charge < -0.3 is 25.3 Å². The second-order valence-corrected chi connectivity index (χ2v) is 11.2. The molecule has 4 aromatic rings. The number of methoxy groups -OCH3 is 1. The van der Waals surface area contributed by atoms with Crippen molar-refractivity contribution in [1.29, 1.82) is 0 Å². The van der Waals surface area contributed by atoms with Gasteiger partial charge in [0.05, 0.1) is 31.2 Å². The monoisotopic (exact) mass is 608 g/mol. The summed E-state index contributed by atoms with van der Waals surface area (Å²) in [6, 6.07) is 17.0. The number of aryl methyl sites for hydroxylation is 1. The van der Waals surface area contributed by atoms with Gasteiger partial charge in [0.1, 0.15) is 17.5 Å². The van der Waals surface area contributed by atoms with Crippen molar-refractivity contribution in [2.24, 2.45) is 0 Å². The van der Waals surface area contributed by atoms with Crippen LogP contribution in [-0.2, 0) is 26.2 Å². The van der Waals surface area contributed by atoms with Crippen LogP contribution in [0.25, 0.3) is 22.3 Å². The molecule has 0 saturated carbocycles. The van der Waals surface area contributed by atoms with Gasteiger partial charge in [0.2, 0.25) is 5.91 Å². The Kier molecular flexibility index (Phi) is 10.3. The predicted molar refractivity (Wildman–Crippen MR) is 161 cm³/mol. The molecule has 4 rings (SSSR count). The second-order valence-electron chi connectivity index (χ2n) is 11.2. The minimum absolute atomic E-state index is 0.0645. The van der Waals surface area contributed by atoms with Crippen LogP contribution in [0.2, 0.25) is 0 Å². The molecule has 0 aliphatic rings. The van der Waals surface area contributed by atoms with E-state index in [-0.39, 0.29) is 25.7 Å². The minimum Gasteiger partial charge on any atom is -0.469 e. The molecule has 0 bridgehead atoms. The molecule has 0 aliphatic carbocycles. The van der Waals surface area contributed by atoms with Crippen molar-refractivity contribution in [2.75, 3.05) is 12.4 Å². The molecule has 0 spiro atoms. The summed E-state index contributed by atoms with van der Waals surface area (Å²) in [5, 5.41) is 23.7. The summed E-state index contributed by atoms with van der Waals surface area (Å²) >= 11 is 0. The lowest BCUT2D eigenvalue weighted by Crippen LogP contribution is -2.35. The highest BCUT2D eigenvalue weighted by Crippen LogP contribution is 2.43. The van der Waals surface area contributed by atoms with E-state index in [0.29, 0.717) is 39.3 Å². The standard InChI is InChI=1S/C34H35F3N2O5/c1-34(2,33(43)38-25-14-12-24(37)13-15-25)32-31(21-6-10-23(36)11-7-21)30(20-4-8-22(35)9-5-20)28(39-32)17-16-26(40)18-27(41)19-29(42)44-3/h4-15,26-27,39-41H,16-19H2,1-3H3,(H,38,43)/t26-,27-/m1/s1. The van der Waals surface area contributed by atoms with E-state index < -0.39 is 47.0 Å². The zero-order valence-electron chi connectivity index (χ0n) is 24.7. The summed E-state index contributed by atoms with van der Waals surface area (Å²) in [6.45, 7) is 3.42. The molecule has 1 aromatic heterocycles. The van der Waals surface area contributed by atoms with Gasteiger partial charge in [0, 0.05) is 28.2 Å². The molecule has 4 N–H and O–H groups in total. The molecule has 0 aliphatic heterocycles. The molecule has 0 radical (unpaired) electrons. The fourth-order valence-electron chi connectivity index (χ4n) is 5.08. The highest BCUT2D eigenvalue weighted by atomic mass is 19.1. The predicted octanol–water partition coefficient (Wildman–Crippen LogP) is 6.29. The lowest BCUT2D eigenvalue weighted by molar-refractivity contribution is -0.143. The third kappa shape index (κ3) is 7.75. The van der Waals surface area contributed by atoms with Crippen LogP contribution in [-0.4, -0.2) is 46.4 Å². The number of ether oxygens (including phenoxy) is 1. The van der Waals surface area contributed by atoms with Gasteiger partial charge in [-0.1, -0.05) is 24.3 Å². The van der Waals surface area contributed by atoms with Crippen molar-refractivity contribution < 1.29 is 37.7 Å². The van der Waals surface area contributed by atoms with Crippen LogP contribution in [0.5, 0.6) is 0 Å².